The van der Waals surface area contributed by atoms with Gasteiger partial charge in [-0.25, -0.2) is 0 Å². The molecule has 0 spiro atoms. The fourth-order valence-corrected chi connectivity index (χ4v) is 1.45. The number of H-pyrrole nitrogens is 1. The summed E-state index contributed by atoms with van der Waals surface area (Å²) in [6.45, 7) is 0. The Morgan fingerprint density at radius 1 is 1.45 bits per heavy atom. The number of nitrogens with one attached hydrogen (secondary N) is 1. The summed E-state index contributed by atoms with van der Waals surface area (Å²) in [4.78, 5) is 3.92. The minimum Gasteiger partial charge on any atom is -0.270 e. The van der Waals surface area contributed by atoms with Crippen molar-refractivity contribution in [2.24, 2.45) is 0 Å². The standard InChI is InChI=1S/C6H3BrClN3/c7-6-3-1-9-2-4(8)5(3)10-11-6/h1-2H,(H,10,11). The van der Waals surface area contributed by atoms with Crippen molar-refractivity contribution in [1.82, 2.24) is 15.2 Å². The van der Waals surface area contributed by atoms with Gasteiger partial charge in [-0.15, -0.1) is 0 Å². The van der Waals surface area contributed by atoms with Gasteiger partial charge >= 0.3 is 0 Å². The van der Waals surface area contributed by atoms with E-state index in [1.807, 2.05) is 0 Å². The molecule has 11 heavy (non-hydrogen) atoms. The fraction of sp³-hybridized carbons (Fsp3) is 0. The molecule has 5 heteroatoms. The van der Waals surface area contributed by atoms with Crippen LogP contribution in [0, 0.1) is 0 Å². The zero-order valence-electron chi connectivity index (χ0n) is 5.31. The third-order valence-corrected chi connectivity index (χ3v) is 2.26. The summed E-state index contributed by atoms with van der Waals surface area (Å²) in [5.74, 6) is 0. The zero-order chi connectivity index (χ0) is 7.84. The first-order valence-corrected chi connectivity index (χ1v) is 4.09. The third kappa shape index (κ3) is 1.02. The van der Waals surface area contributed by atoms with Crippen molar-refractivity contribution in [2.45, 2.75) is 0 Å². The van der Waals surface area contributed by atoms with E-state index < -0.39 is 0 Å². The predicted molar refractivity (Wildman–Crippen MR) is 46.6 cm³/mol. The smallest absolute Gasteiger partial charge is 0.115 e. The minimum absolute atomic E-state index is 0.560. The number of nitrogens with zero attached hydrogens (tertiary/aromatic N) is 2. The Labute approximate surface area is 75.9 Å². The Morgan fingerprint density at radius 2 is 2.27 bits per heavy atom. The van der Waals surface area contributed by atoms with E-state index in [0.717, 1.165) is 15.5 Å². The highest BCUT2D eigenvalue weighted by atomic mass is 79.9. The van der Waals surface area contributed by atoms with Crippen molar-refractivity contribution < 1.29 is 0 Å². The summed E-state index contributed by atoms with van der Waals surface area (Å²) in [5.41, 5.74) is 0.744. The molecule has 0 unspecified atom stereocenters. The van der Waals surface area contributed by atoms with Gasteiger partial charge in [0.25, 0.3) is 0 Å². The fourth-order valence-electron chi connectivity index (χ4n) is 0.868. The lowest BCUT2D eigenvalue weighted by Crippen LogP contribution is -1.73. The molecule has 0 aliphatic heterocycles. The Morgan fingerprint density at radius 3 is 3.00 bits per heavy atom. The second-order valence-corrected chi connectivity index (χ2v) is 3.26. The maximum Gasteiger partial charge on any atom is 0.115 e. The van der Waals surface area contributed by atoms with E-state index in [2.05, 4.69) is 31.1 Å². The van der Waals surface area contributed by atoms with Gasteiger partial charge in [0.1, 0.15) is 10.1 Å². The SMILES string of the molecule is Clc1cncc2c(Br)[nH]nc12. The van der Waals surface area contributed by atoms with Crippen LogP contribution in [0.5, 0.6) is 0 Å². The molecule has 2 heterocycles. The number of fused-ring (bicyclic) bond motifs is 1. The predicted octanol–water partition coefficient (Wildman–Crippen LogP) is 2.37. The minimum atomic E-state index is 0.560. The average Bonchev–Trinajstić information content (AvgIpc) is 2.35. The molecule has 2 aromatic rings. The molecule has 0 aliphatic rings. The molecular formula is C6H3BrClN3. The maximum atomic E-state index is 5.80. The number of hydrogen-bond donors (Lipinski definition) is 1. The molecule has 0 saturated carbocycles. The maximum absolute atomic E-state index is 5.80. The van der Waals surface area contributed by atoms with Gasteiger partial charge in [0.05, 0.1) is 10.4 Å². The van der Waals surface area contributed by atoms with Crippen LogP contribution in [0.4, 0.5) is 0 Å². The van der Waals surface area contributed by atoms with Crippen molar-refractivity contribution in [3.8, 4) is 0 Å². The molecule has 0 fully saturated rings. The van der Waals surface area contributed by atoms with Crippen molar-refractivity contribution in [2.75, 3.05) is 0 Å². The van der Waals surface area contributed by atoms with Crippen LogP contribution in [0.25, 0.3) is 10.9 Å². The molecule has 0 radical (unpaired) electrons. The van der Waals surface area contributed by atoms with Gasteiger partial charge in [0.15, 0.2) is 0 Å². The normalized spacial score (nSPS) is 10.7. The quantitative estimate of drug-likeness (QED) is 0.758. The van der Waals surface area contributed by atoms with Gasteiger partial charge < -0.3 is 0 Å². The highest BCUT2D eigenvalue weighted by Gasteiger charge is 2.04. The number of aromatic nitrogens is 3. The van der Waals surface area contributed by atoms with Crippen LogP contribution < -0.4 is 0 Å². The molecule has 0 aromatic carbocycles. The van der Waals surface area contributed by atoms with E-state index in [4.69, 9.17) is 11.6 Å². The second kappa shape index (κ2) is 2.46. The Bertz CT molecular complexity index is 398. The summed E-state index contributed by atoms with van der Waals surface area (Å²) in [6, 6.07) is 0. The van der Waals surface area contributed by atoms with E-state index in [0.29, 0.717) is 5.02 Å². The van der Waals surface area contributed by atoms with Gasteiger partial charge in [0, 0.05) is 12.4 Å². The van der Waals surface area contributed by atoms with Gasteiger partial charge in [-0.3, -0.25) is 10.1 Å². The molecule has 0 amide bonds. The number of rotatable bonds is 0. The van der Waals surface area contributed by atoms with Crippen LogP contribution in [0.1, 0.15) is 0 Å². The van der Waals surface area contributed by atoms with Crippen LogP contribution in [0.3, 0.4) is 0 Å². The lowest BCUT2D eigenvalue weighted by Gasteiger charge is -1.88. The first-order chi connectivity index (χ1) is 5.29. The summed E-state index contributed by atoms with van der Waals surface area (Å²) in [6.07, 6.45) is 3.27. The molecule has 56 valence electrons. The largest absolute Gasteiger partial charge is 0.270 e. The van der Waals surface area contributed by atoms with Crippen LogP contribution in [0.15, 0.2) is 17.0 Å². The van der Waals surface area contributed by atoms with Crippen molar-refractivity contribution in [1.29, 1.82) is 0 Å². The van der Waals surface area contributed by atoms with Gasteiger partial charge in [0.2, 0.25) is 0 Å². The summed E-state index contributed by atoms with van der Waals surface area (Å²) in [5, 5.41) is 8.19. The molecule has 2 rings (SSSR count). The topological polar surface area (TPSA) is 41.6 Å². The van der Waals surface area contributed by atoms with Crippen LogP contribution >= 0.6 is 27.5 Å². The average molecular weight is 232 g/mol. The van der Waals surface area contributed by atoms with Gasteiger partial charge in [-0.2, -0.15) is 5.10 Å². The summed E-state index contributed by atoms with van der Waals surface area (Å²) < 4.78 is 0.808. The number of aromatic amines is 1. The molecule has 0 saturated heterocycles. The number of pyridine rings is 1. The van der Waals surface area contributed by atoms with Crippen molar-refractivity contribution in [3.05, 3.63) is 22.0 Å². The van der Waals surface area contributed by atoms with Gasteiger partial charge in [-0.1, -0.05) is 11.6 Å². The molecule has 0 atom stereocenters. The lowest BCUT2D eigenvalue weighted by molar-refractivity contribution is 1.10. The monoisotopic (exact) mass is 231 g/mol. The molecule has 0 bridgehead atoms. The molecule has 1 N–H and O–H groups in total. The van der Waals surface area contributed by atoms with Crippen LogP contribution in [-0.4, -0.2) is 15.2 Å². The molecule has 0 aliphatic carbocycles. The first-order valence-electron chi connectivity index (χ1n) is 2.92. The first kappa shape index (κ1) is 7.06. The Hall–Kier alpha value is -0.610. The van der Waals surface area contributed by atoms with E-state index in [9.17, 15) is 0 Å². The summed E-state index contributed by atoms with van der Waals surface area (Å²) in [7, 11) is 0. The van der Waals surface area contributed by atoms with Crippen molar-refractivity contribution >= 4 is 38.4 Å². The van der Waals surface area contributed by atoms with Crippen LogP contribution in [0.2, 0.25) is 5.02 Å². The molecular weight excluding hydrogens is 229 g/mol. The number of halogens is 2. The van der Waals surface area contributed by atoms with Crippen molar-refractivity contribution in [3.63, 3.8) is 0 Å². The highest BCUT2D eigenvalue weighted by molar-refractivity contribution is 9.10. The van der Waals surface area contributed by atoms with E-state index in [-0.39, 0.29) is 0 Å². The second-order valence-electron chi connectivity index (χ2n) is 2.06. The van der Waals surface area contributed by atoms with E-state index in [1.54, 1.807) is 12.4 Å². The van der Waals surface area contributed by atoms with E-state index in [1.165, 1.54) is 0 Å². The number of hydrogen-bond acceptors (Lipinski definition) is 2. The zero-order valence-corrected chi connectivity index (χ0v) is 7.65. The third-order valence-electron chi connectivity index (χ3n) is 1.38. The van der Waals surface area contributed by atoms with E-state index >= 15 is 0 Å². The molecule has 3 nitrogen and oxygen atoms in total. The lowest BCUT2D eigenvalue weighted by atomic mass is 10.3. The van der Waals surface area contributed by atoms with Crippen LogP contribution in [-0.2, 0) is 0 Å². The Kier molecular flexibility index (Phi) is 1.58. The van der Waals surface area contributed by atoms with Gasteiger partial charge in [-0.05, 0) is 15.9 Å². The summed E-state index contributed by atoms with van der Waals surface area (Å²) >= 11 is 9.09. The molecule has 2 aromatic heterocycles. The Balaban J connectivity index is 2.94. The highest BCUT2D eigenvalue weighted by Crippen LogP contribution is 2.24.